The average Bonchev–Trinajstić information content (AvgIpc) is 3.16. The van der Waals surface area contributed by atoms with Gasteiger partial charge in [0.1, 0.15) is 24.2 Å². The van der Waals surface area contributed by atoms with Gasteiger partial charge in [-0.15, -0.1) is 0 Å². The molecule has 0 aliphatic rings. The maximum absolute atomic E-state index is 10.5. The predicted octanol–water partition coefficient (Wildman–Crippen LogP) is 5.34. The van der Waals surface area contributed by atoms with Crippen molar-refractivity contribution in [3.63, 3.8) is 0 Å². The molecule has 0 aliphatic carbocycles. The van der Waals surface area contributed by atoms with Crippen molar-refractivity contribution in [2.75, 3.05) is 13.2 Å². The molecular weight excluding hydrogens is 397 g/mol. The van der Waals surface area contributed by atoms with Crippen LogP contribution in [0.4, 0.5) is 0 Å². The Hall–Kier alpha value is -1.98. The molecule has 1 N–H and O–H groups in total. The van der Waals surface area contributed by atoms with Crippen LogP contribution >= 0.6 is 23.2 Å². The van der Waals surface area contributed by atoms with Crippen LogP contribution in [0.15, 0.2) is 65.3 Å². The van der Waals surface area contributed by atoms with E-state index in [-0.39, 0.29) is 6.61 Å². The van der Waals surface area contributed by atoms with E-state index < -0.39 is 6.10 Å². The van der Waals surface area contributed by atoms with Crippen LogP contribution in [0, 0.1) is 6.92 Å². The largest absolute Gasteiger partial charge is 0.489 e. The topological polar surface area (TPSA) is 45.8 Å². The Kier molecular flexibility index (Phi) is 7.40. The van der Waals surface area contributed by atoms with E-state index >= 15 is 0 Å². The number of ether oxygens (including phenoxy) is 1. The summed E-state index contributed by atoms with van der Waals surface area (Å²) in [6.07, 6.45) is 0.966. The number of nitrogens with zero attached hydrogens (tertiary/aromatic N) is 1. The second kappa shape index (κ2) is 9.99. The highest BCUT2D eigenvalue weighted by atomic mass is 35.5. The predicted molar refractivity (Wildman–Crippen MR) is 112 cm³/mol. The molecule has 2 aromatic carbocycles. The third-order valence-electron chi connectivity index (χ3n) is 4.28. The molecule has 0 bridgehead atoms. The zero-order valence-electron chi connectivity index (χ0n) is 15.6. The highest BCUT2D eigenvalue weighted by Crippen LogP contribution is 2.27. The van der Waals surface area contributed by atoms with E-state index in [4.69, 9.17) is 32.4 Å². The lowest BCUT2D eigenvalue weighted by Gasteiger charge is -2.24. The van der Waals surface area contributed by atoms with E-state index in [1.165, 1.54) is 11.1 Å². The van der Waals surface area contributed by atoms with Gasteiger partial charge in [-0.05, 0) is 42.8 Å². The monoisotopic (exact) mass is 419 g/mol. The van der Waals surface area contributed by atoms with Gasteiger partial charge >= 0.3 is 0 Å². The lowest BCUT2D eigenvalue weighted by atomic mass is 10.1. The Balaban J connectivity index is 1.61. The smallest absolute Gasteiger partial charge is 0.138 e. The minimum Gasteiger partial charge on any atom is -0.489 e. The molecular formula is C22H23Cl2NO3. The van der Waals surface area contributed by atoms with E-state index in [0.717, 1.165) is 5.76 Å². The second-order valence-corrected chi connectivity index (χ2v) is 7.62. The Morgan fingerprint density at radius 2 is 1.86 bits per heavy atom. The Bertz CT molecular complexity index is 866. The minimum atomic E-state index is -0.688. The molecule has 0 saturated carbocycles. The number of aryl methyl sites for hydroxylation is 1. The van der Waals surface area contributed by atoms with Gasteiger partial charge in [0, 0.05) is 18.1 Å². The van der Waals surface area contributed by atoms with E-state index in [1.54, 1.807) is 24.5 Å². The van der Waals surface area contributed by atoms with E-state index in [1.807, 2.05) is 12.1 Å². The van der Waals surface area contributed by atoms with Crippen LogP contribution in [0.25, 0.3) is 0 Å². The maximum Gasteiger partial charge on any atom is 0.138 e. The normalized spacial score (nSPS) is 12.3. The van der Waals surface area contributed by atoms with Gasteiger partial charge in [0.15, 0.2) is 0 Å². The molecule has 0 spiro atoms. The SMILES string of the molecule is Cc1ccc(CN(Cc2ccco2)CC(O)COc2ccc(Cl)cc2Cl)cc1. The van der Waals surface area contributed by atoms with Gasteiger partial charge in [-0.1, -0.05) is 53.0 Å². The minimum absolute atomic E-state index is 0.129. The van der Waals surface area contributed by atoms with Crippen molar-refractivity contribution in [2.45, 2.75) is 26.1 Å². The molecule has 148 valence electrons. The van der Waals surface area contributed by atoms with Crippen LogP contribution in [0.5, 0.6) is 5.75 Å². The summed E-state index contributed by atoms with van der Waals surface area (Å²) >= 11 is 12.0. The lowest BCUT2D eigenvalue weighted by Crippen LogP contribution is -2.35. The van der Waals surface area contributed by atoms with Gasteiger partial charge in [-0.2, -0.15) is 0 Å². The van der Waals surface area contributed by atoms with Crippen LogP contribution in [0.3, 0.4) is 0 Å². The van der Waals surface area contributed by atoms with Gasteiger partial charge in [0.2, 0.25) is 0 Å². The van der Waals surface area contributed by atoms with Crippen molar-refractivity contribution in [3.05, 3.63) is 87.8 Å². The fourth-order valence-corrected chi connectivity index (χ4v) is 3.35. The standard InChI is InChI=1S/C22H23Cl2NO3/c1-16-4-6-17(7-5-16)12-25(14-20-3-2-10-27-20)13-19(26)15-28-22-9-8-18(23)11-21(22)24/h2-11,19,26H,12-15H2,1H3. The number of furan rings is 1. The molecule has 1 atom stereocenters. The van der Waals surface area contributed by atoms with Crippen molar-refractivity contribution in [3.8, 4) is 5.75 Å². The van der Waals surface area contributed by atoms with Crippen LogP contribution in [0.2, 0.25) is 10.0 Å². The fraction of sp³-hybridized carbons (Fsp3) is 0.273. The van der Waals surface area contributed by atoms with Crippen molar-refractivity contribution < 1.29 is 14.3 Å². The number of hydrogen-bond acceptors (Lipinski definition) is 4. The zero-order valence-corrected chi connectivity index (χ0v) is 17.2. The zero-order chi connectivity index (χ0) is 19.9. The van der Waals surface area contributed by atoms with Gasteiger partial charge in [0.05, 0.1) is 17.8 Å². The summed E-state index contributed by atoms with van der Waals surface area (Å²) in [5, 5.41) is 11.5. The summed E-state index contributed by atoms with van der Waals surface area (Å²) in [7, 11) is 0. The molecule has 0 aliphatic heterocycles. The van der Waals surface area contributed by atoms with Gasteiger partial charge in [-0.25, -0.2) is 0 Å². The first-order valence-corrected chi connectivity index (χ1v) is 9.81. The average molecular weight is 420 g/mol. The molecule has 0 radical (unpaired) electrons. The summed E-state index contributed by atoms with van der Waals surface area (Å²) in [5.74, 6) is 1.35. The molecule has 4 nitrogen and oxygen atoms in total. The first-order chi connectivity index (χ1) is 13.5. The molecule has 0 saturated heterocycles. The number of halogens is 2. The van der Waals surface area contributed by atoms with E-state index in [2.05, 4.69) is 36.1 Å². The maximum atomic E-state index is 10.5. The van der Waals surface area contributed by atoms with Crippen molar-refractivity contribution in [2.24, 2.45) is 0 Å². The van der Waals surface area contributed by atoms with Gasteiger partial charge in [-0.3, -0.25) is 4.90 Å². The Morgan fingerprint density at radius 1 is 1.07 bits per heavy atom. The molecule has 3 rings (SSSR count). The number of rotatable bonds is 9. The highest BCUT2D eigenvalue weighted by molar-refractivity contribution is 6.35. The third-order valence-corrected chi connectivity index (χ3v) is 4.81. The number of aliphatic hydroxyl groups is 1. The van der Waals surface area contributed by atoms with E-state index in [0.29, 0.717) is 35.4 Å². The molecule has 1 aromatic heterocycles. The number of aliphatic hydroxyl groups excluding tert-OH is 1. The molecule has 3 aromatic rings. The summed E-state index contributed by atoms with van der Waals surface area (Å²) < 4.78 is 11.1. The van der Waals surface area contributed by atoms with Crippen LogP contribution in [-0.4, -0.2) is 29.3 Å². The summed E-state index contributed by atoms with van der Waals surface area (Å²) in [5.41, 5.74) is 2.39. The van der Waals surface area contributed by atoms with Crippen LogP contribution in [-0.2, 0) is 13.1 Å². The van der Waals surface area contributed by atoms with Crippen molar-refractivity contribution in [1.29, 1.82) is 0 Å². The fourth-order valence-electron chi connectivity index (χ4n) is 2.89. The van der Waals surface area contributed by atoms with Gasteiger partial charge in [0.25, 0.3) is 0 Å². The first-order valence-electron chi connectivity index (χ1n) is 9.06. The van der Waals surface area contributed by atoms with Crippen LogP contribution in [0.1, 0.15) is 16.9 Å². The molecule has 0 fully saturated rings. The summed E-state index contributed by atoms with van der Waals surface area (Å²) in [4.78, 5) is 2.13. The molecule has 1 unspecified atom stereocenters. The molecule has 1 heterocycles. The van der Waals surface area contributed by atoms with Crippen molar-refractivity contribution in [1.82, 2.24) is 4.90 Å². The second-order valence-electron chi connectivity index (χ2n) is 6.77. The lowest BCUT2D eigenvalue weighted by molar-refractivity contribution is 0.0605. The number of hydrogen-bond donors (Lipinski definition) is 1. The first kappa shape index (κ1) is 20.7. The van der Waals surface area contributed by atoms with E-state index in [9.17, 15) is 5.11 Å². The third kappa shape index (κ3) is 6.28. The molecule has 6 heteroatoms. The van der Waals surface area contributed by atoms with Crippen molar-refractivity contribution >= 4 is 23.2 Å². The Morgan fingerprint density at radius 3 is 2.54 bits per heavy atom. The molecule has 0 amide bonds. The Labute approximate surface area is 175 Å². The highest BCUT2D eigenvalue weighted by Gasteiger charge is 2.16. The van der Waals surface area contributed by atoms with Gasteiger partial charge < -0.3 is 14.3 Å². The quantitative estimate of drug-likeness (QED) is 0.508. The summed E-state index contributed by atoms with van der Waals surface area (Å²) in [6, 6.07) is 17.2. The summed E-state index contributed by atoms with van der Waals surface area (Å²) in [6.45, 7) is 3.91. The van der Waals surface area contributed by atoms with Crippen LogP contribution < -0.4 is 4.74 Å². The molecule has 28 heavy (non-hydrogen) atoms. The number of benzene rings is 2.